The highest BCUT2D eigenvalue weighted by Crippen LogP contribution is 2.36. The predicted molar refractivity (Wildman–Crippen MR) is 69.2 cm³/mol. The number of aryl methyl sites for hydroxylation is 2. The maximum Gasteiger partial charge on any atom is 0.0755 e. The molecule has 2 aromatic rings. The van der Waals surface area contributed by atoms with Gasteiger partial charge in [-0.15, -0.1) is 22.7 Å². The lowest BCUT2D eigenvalue weighted by molar-refractivity contribution is 0.916. The summed E-state index contributed by atoms with van der Waals surface area (Å²) in [5.74, 6) is 0. The van der Waals surface area contributed by atoms with Crippen molar-refractivity contribution in [3.63, 3.8) is 0 Å². The molecular weight excluding hydrogens is 246 g/mol. The SMILES string of the molecule is Cc1ccc(C(N)c2scc(C)c2Cl)s1. The van der Waals surface area contributed by atoms with Gasteiger partial charge in [0.25, 0.3) is 0 Å². The molecule has 0 saturated carbocycles. The van der Waals surface area contributed by atoms with Crippen LogP contribution in [0.15, 0.2) is 17.5 Å². The van der Waals surface area contributed by atoms with E-state index in [0.717, 1.165) is 15.5 Å². The summed E-state index contributed by atoms with van der Waals surface area (Å²) >= 11 is 9.57. The smallest absolute Gasteiger partial charge is 0.0755 e. The van der Waals surface area contributed by atoms with Crippen LogP contribution in [0.2, 0.25) is 5.02 Å². The third-order valence-corrected chi connectivity index (χ3v) is 5.16. The minimum absolute atomic E-state index is 0.0742. The van der Waals surface area contributed by atoms with Crippen molar-refractivity contribution in [2.45, 2.75) is 19.9 Å². The molecule has 2 aromatic heterocycles. The summed E-state index contributed by atoms with van der Waals surface area (Å²) in [6, 6.07) is 4.10. The Kier molecular flexibility index (Phi) is 3.16. The van der Waals surface area contributed by atoms with Crippen molar-refractivity contribution >= 4 is 34.3 Å². The summed E-state index contributed by atoms with van der Waals surface area (Å²) in [6.07, 6.45) is 0. The van der Waals surface area contributed by atoms with Crippen LogP contribution in [0.25, 0.3) is 0 Å². The van der Waals surface area contributed by atoms with Crippen molar-refractivity contribution in [2.24, 2.45) is 5.73 Å². The molecule has 2 rings (SSSR count). The van der Waals surface area contributed by atoms with Crippen LogP contribution in [-0.2, 0) is 0 Å². The Hall–Kier alpha value is -0.350. The van der Waals surface area contributed by atoms with E-state index in [2.05, 4.69) is 24.4 Å². The van der Waals surface area contributed by atoms with Crippen LogP contribution in [0.4, 0.5) is 0 Å². The largest absolute Gasteiger partial charge is 0.319 e. The molecule has 15 heavy (non-hydrogen) atoms. The molecule has 80 valence electrons. The Morgan fingerprint density at radius 3 is 2.53 bits per heavy atom. The minimum Gasteiger partial charge on any atom is -0.319 e. The van der Waals surface area contributed by atoms with Gasteiger partial charge in [-0.05, 0) is 36.9 Å². The Morgan fingerprint density at radius 2 is 2.07 bits per heavy atom. The molecule has 0 radical (unpaired) electrons. The van der Waals surface area contributed by atoms with Crippen molar-refractivity contribution in [1.29, 1.82) is 0 Å². The highest BCUT2D eigenvalue weighted by Gasteiger charge is 2.17. The van der Waals surface area contributed by atoms with Crippen LogP contribution in [0, 0.1) is 13.8 Å². The van der Waals surface area contributed by atoms with Gasteiger partial charge in [0.15, 0.2) is 0 Å². The molecule has 0 saturated heterocycles. The number of hydrogen-bond donors (Lipinski definition) is 1. The van der Waals surface area contributed by atoms with Crippen molar-refractivity contribution < 1.29 is 0 Å². The quantitative estimate of drug-likeness (QED) is 0.860. The van der Waals surface area contributed by atoms with Gasteiger partial charge in [-0.1, -0.05) is 11.6 Å². The van der Waals surface area contributed by atoms with E-state index in [9.17, 15) is 0 Å². The van der Waals surface area contributed by atoms with Crippen molar-refractivity contribution in [3.8, 4) is 0 Å². The Morgan fingerprint density at radius 1 is 1.33 bits per heavy atom. The Balaban J connectivity index is 2.36. The van der Waals surface area contributed by atoms with Crippen LogP contribution < -0.4 is 5.73 Å². The number of hydrogen-bond acceptors (Lipinski definition) is 3. The lowest BCUT2D eigenvalue weighted by atomic mass is 10.2. The average Bonchev–Trinajstić information content (AvgIpc) is 2.75. The second-order valence-electron chi connectivity index (χ2n) is 3.52. The zero-order valence-corrected chi connectivity index (χ0v) is 11.0. The lowest BCUT2D eigenvalue weighted by Crippen LogP contribution is -2.08. The second-order valence-corrected chi connectivity index (χ2v) is 6.13. The van der Waals surface area contributed by atoms with Crippen LogP contribution in [0.1, 0.15) is 26.2 Å². The van der Waals surface area contributed by atoms with Crippen LogP contribution in [-0.4, -0.2) is 0 Å². The van der Waals surface area contributed by atoms with E-state index in [1.54, 1.807) is 22.7 Å². The van der Waals surface area contributed by atoms with Crippen LogP contribution >= 0.6 is 34.3 Å². The van der Waals surface area contributed by atoms with Gasteiger partial charge >= 0.3 is 0 Å². The summed E-state index contributed by atoms with van der Waals surface area (Å²) in [4.78, 5) is 3.53. The van der Waals surface area contributed by atoms with Gasteiger partial charge in [0.2, 0.25) is 0 Å². The maximum absolute atomic E-state index is 6.20. The first-order valence-corrected chi connectivity index (χ1v) is 6.72. The second kappa shape index (κ2) is 4.26. The van der Waals surface area contributed by atoms with E-state index in [1.165, 1.54) is 9.75 Å². The van der Waals surface area contributed by atoms with E-state index < -0.39 is 0 Å². The van der Waals surface area contributed by atoms with Gasteiger partial charge < -0.3 is 5.73 Å². The molecule has 0 fully saturated rings. The van der Waals surface area contributed by atoms with Gasteiger partial charge in [-0.25, -0.2) is 0 Å². The number of rotatable bonds is 2. The molecule has 0 bridgehead atoms. The predicted octanol–water partition coefficient (Wildman–Crippen LogP) is 4.13. The summed E-state index contributed by atoms with van der Waals surface area (Å²) in [5.41, 5.74) is 7.29. The number of nitrogens with two attached hydrogens (primary N) is 1. The topological polar surface area (TPSA) is 26.0 Å². The number of halogens is 1. The van der Waals surface area contributed by atoms with Gasteiger partial charge in [-0.2, -0.15) is 0 Å². The van der Waals surface area contributed by atoms with Gasteiger partial charge in [0.1, 0.15) is 0 Å². The molecule has 4 heteroatoms. The monoisotopic (exact) mass is 257 g/mol. The van der Waals surface area contributed by atoms with E-state index >= 15 is 0 Å². The van der Waals surface area contributed by atoms with E-state index in [-0.39, 0.29) is 6.04 Å². The molecule has 1 nitrogen and oxygen atoms in total. The molecule has 0 aliphatic rings. The third-order valence-electron chi connectivity index (χ3n) is 2.28. The maximum atomic E-state index is 6.20. The fraction of sp³-hybridized carbons (Fsp3) is 0.273. The van der Waals surface area contributed by atoms with Crippen LogP contribution in [0.5, 0.6) is 0 Å². The molecule has 0 spiro atoms. The first-order valence-electron chi connectivity index (χ1n) is 4.65. The molecule has 0 aliphatic carbocycles. The molecule has 0 aliphatic heterocycles. The lowest BCUT2D eigenvalue weighted by Gasteiger charge is -2.07. The van der Waals surface area contributed by atoms with Gasteiger partial charge in [0.05, 0.1) is 11.1 Å². The van der Waals surface area contributed by atoms with E-state index in [0.29, 0.717) is 0 Å². The van der Waals surface area contributed by atoms with Gasteiger partial charge in [-0.3, -0.25) is 0 Å². The Labute approximate surface area is 103 Å². The van der Waals surface area contributed by atoms with Crippen LogP contribution in [0.3, 0.4) is 0 Å². The standard InChI is InChI=1S/C11H12ClNS2/c1-6-5-14-11(9(6)12)10(13)8-4-3-7(2)15-8/h3-5,10H,13H2,1-2H3. The summed E-state index contributed by atoms with van der Waals surface area (Å²) in [7, 11) is 0. The third kappa shape index (κ3) is 2.11. The van der Waals surface area contributed by atoms with E-state index in [1.807, 2.05) is 6.92 Å². The highest BCUT2D eigenvalue weighted by atomic mass is 35.5. The summed E-state index contributed by atoms with van der Waals surface area (Å²) < 4.78 is 0. The molecule has 0 aromatic carbocycles. The normalized spacial score (nSPS) is 13.1. The number of thiophene rings is 2. The highest BCUT2D eigenvalue weighted by molar-refractivity contribution is 7.13. The molecular formula is C11H12ClNS2. The van der Waals surface area contributed by atoms with E-state index in [4.69, 9.17) is 17.3 Å². The van der Waals surface area contributed by atoms with Crippen molar-refractivity contribution in [2.75, 3.05) is 0 Å². The zero-order chi connectivity index (χ0) is 11.0. The first-order chi connectivity index (χ1) is 7.09. The average molecular weight is 258 g/mol. The molecule has 2 N–H and O–H groups in total. The summed E-state index contributed by atoms with van der Waals surface area (Å²) in [5, 5.41) is 2.87. The molecule has 1 atom stereocenters. The molecule has 0 amide bonds. The first kappa shape index (κ1) is 11.1. The van der Waals surface area contributed by atoms with Crippen molar-refractivity contribution in [1.82, 2.24) is 0 Å². The molecule has 1 unspecified atom stereocenters. The minimum atomic E-state index is -0.0742. The van der Waals surface area contributed by atoms with Gasteiger partial charge in [0, 0.05) is 14.6 Å². The fourth-order valence-corrected chi connectivity index (χ4v) is 3.70. The summed E-state index contributed by atoms with van der Waals surface area (Å²) in [6.45, 7) is 4.09. The van der Waals surface area contributed by atoms with Crippen molar-refractivity contribution in [3.05, 3.63) is 42.7 Å². The molecule has 2 heterocycles. The zero-order valence-electron chi connectivity index (χ0n) is 8.58. The Bertz CT molecular complexity index is 473. The fourth-order valence-electron chi connectivity index (χ4n) is 1.41.